The van der Waals surface area contributed by atoms with Crippen molar-refractivity contribution in [2.45, 2.75) is 87.0 Å². The molecule has 0 nitrogen and oxygen atoms in total. The third-order valence-corrected chi connectivity index (χ3v) is 21.0. The molecule has 0 fully saturated rings. The quantitative estimate of drug-likeness (QED) is 0.131. The molecule has 0 unspecified atom stereocenters. The van der Waals surface area contributed by atoms with E-state index in [2.05, 4.69) is 48.5 Å². The van der Waals surface area contributed by atoms with Gasteiger partial charge in [-0.3, -0.25) is 0 Å². The summed E-state index contributed by atoms with van der Waals surface area (Å²) in [6.45, 7) is 17.0. The minimum absolute atomic E-state index is 0.302. The Kier molecular flexibility index (Phi) is 22.5. The van der Waals surface area contributed by atoms with Gasteiger partial charge in [0, 0.05) is 13.4 Å². The van der Waals surface area contributed by atoms with Crippen LogP contribution in [0.25, 0.3) is 0 Å². The highest BCUT2D eigenvalue weighted by molar-refractivity contribution is 7.76. The summed E-state index contributed by atoms with van der Waals surface area (Å²) >= 11 is 0. The predicted octanol–water partition coefficient (Wildman–Crippen LogP) is 9.93. The van der Waals surface area contributed by atoms with Crippen LogP contribution in [-0.4, -0.2) is 80.1 Å². The lowest BCUT2D eigenvalue weighted by molar-refractivity contribution is 0.834. The van der Waals surface area contributed by atoms with Gasteiger partial charge in [0.2, 0.25) is 0 Å². The molecule has 0 spiro atoms. The monoisotopic (exact) mass is 495 g/mol. The van der Waals surface area contributed by atoms with Crippen LogP contribution in [-0.2, 0) is 0 Å². The molecule has 0 atom stereocenters. The summed E-state index contributed by atoms with van der Waals surface area (Å²) in [7, 11) is 0.290. The number of hydrogen-bond donors (Lipinski definition) is 0. The van der Waals surface area contributed by atoms with Gasteiger partial charge in [0.1, 0.15) is 0 Å². The maximum absolute atomic E-state index is 2.45. The van der Waals surface area contributed by atoms with Crippen molar-refractivity contribution in [2.24, 2.45) is 0 Å². The first kappa shape index (κ1) is 31.7. The fraction of sp³-hybridized carbons (Fsp3) is 1.00. The van der Waals surface area contributed by atoms with Crippen molar-refractivity contribution in [3.8, 4) is 0 Å². The third kappa shape index (κ3) is 14.8. The summed E-state index contributed by atoms with van der Waals surface area (Å²) in [6, 6.07) is 0. The van der Waals surface area contributed by atoms with Crippen LogP contribution in [0.5, 0.6) is 0 Å². The van der Waals surface area contributed by atoms with Crippen LogP contribution in [0.2, 0.25) is 0 Å². The highest BCUT2D eigenvalue weighted by Gasteiger charge is 2.35. The highest BCUT2D eigenvalue weighted by atomic mass is 31.2. The van der Waals surface area contributed by atoms with Gasteiger partial charge in [-0.25, -0.2) is 0 Å². The Morgan fingerprint density at radius 3 is 1.03 bits per heavy atom. The second-order valence-corrected chi connectivity index (χ2v) is 22.5. The average Bonchev–Trinajstić information content (AvgIpc) is 2.78. The molecule has 30 heavy (non-hydrogen) atoms. The zero-order chi connectivity index (χ0) is 22.7. The SMILES string of the molecule is CCCC[P+](CCCC)(CCCC)CCP(CCP(CC)CC)CCP(CC)CC. The second-order valence-electron chi connectivity index (χ2n) is 9.19. The molecular formula is C26H59P4+. The summed E-state index contributed by atoms with van der Waals surface area (Å²) in [5.41, 5.74) is 0. The van der Waals surface area contributed by atoms with E-state index in [1.165, 1.54) is 63.2 Å². The van der Waals surface area contributed by atoms with Gasteiger partial charge in [0.25, 0.3) is 0 Å². The van der Waals surface area contributed by atoms with Gasteiger partial charge in [-0.2, -0.15) is 0 Å². The fourth-order valence-electron chi connectivity index (χ4n) is 4.49. The van der Waals surface area contributed by atoms with Gasteiger partial charge in [0.05, 0.1) is 24.6 Å². The molecule has 0 heterocycles. The highest BCUT2D eigenvalue weighted by Crippen LogP contribution is 2.62. The Hall–Kier alpha value is 1.72. The first-order valence-corrected chi connectivity index (χ1v) is 21.8. The van der Waals surface area contributed by atoms with E-state index < -0.39 is 7.26 Å². The summed E-state index contributed by atoms with van der Waals surface area (Å²) in [5, 5.41) is 0. The Labute approximate surface area is 197 Å². The molecule has 0 aliphatic rings. The molecule has 0 saturated heterocycles. The van der Waals surface area contributed by atoms with Crippen LogP contribution in [0.15, 0.2) is 0 Å². The Morgan fingerprint density at radius 1 is 0.400 bits per heavy atom. The lowest BCUT2D eigenvalue weighted by Crippen LogP contribution is -2.16. The standard InChI is InChI=1S/C26H59P4/c1-8-15-23-30(24-16-9-2,25-17-10-3)26-22-29(20-18-27(11-4)12-5)21-19-28(13-6)14-7/h8-26H2,1-7H3/q+1. The maximum Gasteiger partial charge on any atom is 0.0633 e. The number of rotatable bonds is 22. The van der Waals surface area contributed by atoms with Crippen molar-refractivity contribution in [2.75, 3.05) is 80.1 Å². The van der Waals surface area contributed by atoms with E-state index >= 15 is 0 Å². The van der Waals surface area contributed by atoms with E-state index in [9.17, 15) is 0 Å². The van der Waals surface area contributed by atoms with Crippen LogP contribution in [0.1, 0.15) is 87.0 Å². The van der Waals surface area contributed by atoms with E-state index in [1.54, 1.807) is 55.5 Å². The van der Waals surface area contributed by atoms with Crippen molar-refractivity contribution in [3.05, 3.63) is 0 Å². The molecule has 0 radical (unpaired) electrons. The summed E-state index contributed by atoms with van der Waals surface area (Å²) in [5.74, 6) is 0. The minimum atomic E-state index is -0.695. The lowest BCUT2D eigenvalue weighted by Gasteiger charge is -2.31. The molecule has 0 aliphatic heterocycles. The maximum atomic E-state index is 2.45. The van der Waals surface area contributed by atoms with E-state index in [0.29, 0.717) is 23.8 Å². The van der Waals surface area contributed by atoms with Crippen LogP contribution in [0.3, 0.4) is 0 Å². The van der Waals surface area contributed by atoms with E-state index in [0.717, 1.165) is 0 Å². The zero-order valence-electron chi connectivity index (χ0n) is 22.2. The fourth-order valence-corrected chi connectivity index (χ4v) is 19.0. The molecule has 0 aromatic rings. The van der Waals surface area contributed by atoms with E-state index in [1.807, 2.05) is 0 Å². The summed E-state index contributed by atoms with van der Waals surface area (Å²) in [4.78, 5) is 0. The van der Waals surface area contributed by atoms with Crippen molar-refractivity contribution in [3.63, 3.8) is 0 Å². The minimum Gasteiger partial charge on any atom is -0.107 e. The van der Waals surface area contributed by atoms with E-state index in [4.69, 9.17) is 0 Å². The molecule has 0 rings (SSSR count). The van der Waals surface area contributed by atoms with Crippen molar-refractivity contribution < 1.29 is 0 Å². The summed E-state index contributed by atoms with van der Waals surface area (Å²) < 4.78 is 0. The second kappa shape index (κ2) is 21.3. The molecule has 0 aliphatic carbocycles. The van der Waals surface area contributed by atoms with Crippen LogP contribution in [0, 0.1) is 0 Å². The topological polar surface area (TPSA) is 0 Å². The molecule has 0 aromatic heterocycles. The zero-order valence-corrected chi connectivity index (χ0v) is 25.8. The van der Waals surface area contributed by atoms with Crippen LogP contribution >= 0.6 is 31.0 Å². The molecule has 0 aromatic carbocycles. The Morgan fingerprint density at radius 2 is 0.733 bits per heavy atom. The van der Waals surface area contributed by atoms with E-state index in [-0.39, 0.29) is 0 Å². The first-order chi connectivity index (χ1) is 14.5. The van der Waals surface area contributed by atoms with Crippen molar-refractivity contribution >= 4 is 31.0 Å². The Bertz CT molecular complexity index is 315. The summed E-state index contributed by atoms with van der Waals surface area (Å²) in [6.07, 6.45) is 29.2. The number of hydrogen-bond acceptors (Lipinski definition) is 0. The van der Waals surface area contributed by atoms with Gasteiger partial charge in [-0.1, -0.05) is 67.7 Å². The third-order valence-electron chi connectivity index (χ3n) is 7.10. The molecule has 0 saturated carbocycles. The largest absolute Gasteiger partial charge is 0.107 e. The van der Waals surface area contributed by atoms with Gasteiger partial charge < -0.3 is 0 Å². The predicted molar refractivity (Wildman–Crippen MR) is 158 cm³/mol. The number of unbranched alkanes of at least 4 members (excludes halogenated alkanes) is 3. The average molecular weight is 496 g/mol. The normalized spacial score (nSPS) is 12.6. The van der Waals surface area contributed by atoms with Gasteiger partial charge in [0.15, 0.2) is 0 Å². The molecule has 0 amide bonds. The van der Waals surface area contributed by atoms with Gasteiger partial charge >= 0.3 is 0 Å². The van der Waals surface area contributed by atoms with Gasteiger partial charge in [-0.05, 0) is 68.6 Å². The molecule has 0 N–H and O–H groups in total. The smallest absolute Gasteiger partial charge is 0.0633 e. The van der Waals surface area contributed by atoms with Crippen LogP contribution in [0.4, 0.5) is 0 Å². The first-order valence-electron chi connectivity index (χ1n) is 13.6. The molecule has 0 bridgehead atoms. The molecule has 182 valence electrons. The lowest BCUT2D eigenvalue weighted by atomic mass is 10.4. The molecule has 4 heteroatoms. The van der Waals surface area contributed by atoms with Gasteiger partial charge in [-0.15, -0.1) is 23.8 Å². The molecular weight excluding hydrogens is 436 g/mol. The van der Waals surface area contributed by atoms with Crippen molar-refractivity contribution in [1.29, 1.82) is 0 Å². The van der Waals surface area contributed by atoms with Crippen molar-refractivity contribution in [1.82, 2.24) is 0 Å². The van der Waals surface area contributed by atoms with Crippen LogP contribution < -0.4 is 0 Å². The Balaban J connectivity index is 5.15.